The SMILES string of the molecule is O=C(NC1CCCCC1)c1nc(C(=O)N2CCc3ccccc32)c2n1CCCC2. The van der Waals surface area contributed by atoms with Gasteiger partial charge in [0, 0.05) is 24.8 Å². The highest BCUT2D eigenvalue weighted by Crippen LogP contribution is 2.30. The van der Waals surface area contributed by atoms with Gasteiger partial charge in [-0.15, -0.1) is 0 Å². The van der Waals surface area contributed by atoms with Crippen LogP contribution in [0.3, 0.4) is 0 Å². The number of carbonyl (C=O) groups is 2. The van der Waals surface area contributed by atoms with Crippen LogP contribution in [0.25, 0.3) is 0 Å². The van der Waals surface area contributed by atoms with E-state index in [-0.39, 0.29) is 17.9 Å². The van der Waals surface area contributed by atoms with Crippen molar-refractivity contribution in [1.29, 1.82) is 0 Å². The van der Waals surface area contributed by atoms with E-state index in [1.807, 2.05) is 27.7 Å². The van der Waals surface area contributed by atoms with Crippen molar-refractivity contribution < 1.29 is 9.59 Å². The molecule has 6 nitrogen and oxygen atoms in total. The number of benzene rings is 1. The Balaban J connectivity index is 1.45. The summed E-state index contributed by atoms with van der Waals surface area (Å²) < 4.78 is 2.00. The van der Waals surface area contributed by atoms with Crippen molar-refractivity contribution >= 4 is 17.5 Å². The van der Waals surface area contributed by atoms with E-state index in [0.717, 1.165) is 56.5 Å². The first kappa shape index (κ1) is 18.4. The number of nitrogens with zero attached hydrogens (tertiary/aromatic N) is 3. The number of imidazole rings is 1. The van der Waals surface area contributed by atoms with E-state index in [4.69, 9.17) is 0 Å². The van der Waals surface area contributed by atoms with Crippen molar-refractivity contribution in [3.05, 3.63) is 47.0 Å². The summed E-state index contributed by atoms with van der Waals surface area (Å²) >= 11 is 0. The molecule has 0 atom stereocenters. The summed E-state index contributed by atoms with van der Waals surface area (Å²) in [4.78, 5) is 32.9. The molecule has 3 heterocycles. The Morgan fingerprint density at radius 2 is 1.79 bits per heavy atom. The van der Waals surface area contributed by atoms with E-state index in [1.54, 1.807) is 0 Å². The quantitative estimate of drug-likeness (QED) is 0.870. The van der Waals surface area contributed by atoms with Crippen molar-refractivity contribution in [2.75, 3.05) is 11.4 Å². The fourth-order valence-electron chi connectivity index (χ4n) is 5.06. The molecule has 0 saturated heterocycles. The third-order valence-electron chi connectivity index (χ3n) is 6.60. The van der Waals surface area contributed by atoms with Crippen LogP contribution in [0.15, 0.2) is 24.3 Å². The molecule has 3 aliphatic rings. The van der Waals surface area contributed by atoms with E-state index >= 15 is 0 Å². The lowest BCUT2D eigenvalue weighted by Gasteiger charge is -2.23. The molecule has 1 aromatic heterocycles. The summed E-state index contributed by atoms with van der Waals surface area (Å²) in [7, 11) is 0. The molecule has 5 rings (SSSR count). The standard InChI is InChI=1S/C23H28N4O2/c28-22(24-17-9-2-1-3-10-17)21-25-20(19-12-6-7-14-26(19)21)23(29)27-15-13-16-8-4-5-11-18(16)27/h4-5,8,11,17H,1-3,6-7,9-10,12-15H2,(H,24,28). The molecule has 0 bridgehead atoms. The number of hydrogen-bond donors (Lipinski definition) is 1. The molecule has 152 valence electrons. The smallest absolute Gasteiger partial charge is 0.287 e. The van der Waals surface area contributed by atoms with Crippen LogP contribution in [0.5, 0.6) is 0 Å². The summed E-state index contributed by atoms with van der Waals surface area (Å²) in [6.45, 7) is 1.44. The monoisotopic (exact) mass is 392 g/mol. The fourth-order valence-corrected chi connectivity index (χ4v) is 5.06. The molecular formula is C23H28N4O2. The molecule has 6 heteroatoms. The van der Waals surface area contributed by atoms with Crippen LogP contribution in [0, 0.1) is 0 Å². The lowest BCUT2D eigenvalue weighted by atomic mass is 9.95. The minimum atomic E-state index is -0.124. The number of fused-ring (bicyclic) bond motifs is 2. The van der Waals surface area contributed by atoms with Crippen molar-refractivity contribution in [1.82, 2.24) is 14.9 Å². The highest BCUT2D eigenvalue weighted by molar-refractivity contribution is 6.07. The predicted molar refractivity (Wildman–Crippen MR) is 111 cm³/mol. The molecule has 1 aromatic carbocycles. The van der Waals surface area contributed by atoms with Crippen molar-refractivity contribution in [2.24, 2.45) is 0 Å². The minimum Gasteiger partial charge on any atom is -0.347 e. The van der Waals surface area contributed by atoms with Crippen LogP contribution >= 0.6 is 0 Å². The molecule has 1 N–H and O–H groups in total. The van der Waals surface area contributed by atoms with Gasteiger partial charge in [0.15, 0.2) is 11.5 Å². The van der Waals surface area contributed by atoms with Gasteiger partial charge >= 0.3 is 0 Å². The normalized spacial score (nSPS) is 19.0. The van der Waals surface area contributed by atoms with Gasteiger partial charge in [0.2, 0.25) is 0 Å². The summed E-state index contributed by atoms with van der Waals surface area (Å²) in [5, 5.41) is 3.18. The first-order valence-corrected chi connectivity index (χ1v) is 11.0. The predicted octanol–water partition coefficient (Wildman–Crippen LogP) is 3.48. The van der Waals surface area contributed by atoms with Gasteiger partial charge in [-0.2, -0.15) is 0 Å². The molecule has 2 aliphatic heterocycles. The molecule has 0 unspecified atom stereocenters. The maximum absolute atomic E-state index is 13.4. The molecule has 1 fully saturated rings. The third-order valence-corrected chi connectivity index (χ3v) is 6.60. The van der Waals surface area contributed by atoms with Crippen molar-refractivity contribution in [2.45, 2.75) is 70.4 Å². The molecule has 1 saturated carbocycles. The van der Waals surface area contributed by atoms with E-state index in [0.29, 0.717) is 18.1 Å². The highest BCUT2D eigenvalue weighted by Gasteiger charge is 2.33. The molecular weight excluding hydrogens is 364 g/mol. The highest BCUT2D eigenvalue weighted by atomic mass is 16.2. The number of para-hydroxylation sites is 1. The Kier molecular flexibility index (Phi) is 4.86. The van der Waals surface area contributed by atoms with E-state index < -0.39 is 0 Å². The number of aromatic nitrogens is 2. The Bertz CT molecular complexity index is 942. The number of carbonyl (C=O) groups excluding carboxylic acids is 2. The number of rotatable bonds is 3. The van der Waals surface area contributed by atoms with E-state index in [2.05, 4.69) is 16.4 Å². The van der Waals surface area contributed by atoms with Crippen LogP contribution in [-0.4, -0.2) is 34.0 Å². The van der Waals surface area contributed by atoms with Crippen LogP contribution in [-0.2, 0) is 19.4 Å². The van der Waals surface area contributed by atoms with Gasteiger partial charge in [-0.05, 0) is 50.2 Å². The lowest BCUT2D eigenvalue weighted by Crippen LogP contribution is -2.37. The molecule has 29 heavy (non-hydrogen) atoms. The second-order valence-electron chi connectivity index (χ2n) is 8.48. The number of anilines is 1. The first-order chi connectivity index (χ1) is 14.2. The average Bonchev–Trinajstić information content (AvgIpc) is 3.36. The van der Waals surface area contributed by atoms with E-state index in [9.17, 15) is 9.59 Å². The minimum absolute atomic E-state index is 0.0719. The zero-order valence-electron chi connectivity index (χ0n) is 16.8. The Morgan fingerprint density at radius 1 is 0.966 bits per heavy atom. The lowest BCUT2D eigenvalue weighted by molar-refractivity contribution is 0.0911. The van der Waals surface area contributed by atoms with Gasteiger partial charge in [0.05, 0.1) is 5.69 Å². The van der Waals surface area contributed by atoms with Crippen LogP contribution in [0.4, 0.5) is 5.69 Å². The van der Waals surface area contributed by atoms with Gasteiger partial charge in [-0.3, -0.25) is 9.59 Å². The Morgan fingerprint density at radius 3 is 2.66 bits per heavy atom. The first-order valence-electron chi connectivity index (χ1n) is 11.0. The van der Waals surface area contributed by atoms with Crippen LogP contribution in [0.2, 0.25) is 0 Å². The second kappa shape index (κ2) is 7.65. The molecule has 2 aromatic rings. The van der Waals surface area contributed by atoms with Crippen LogP contribution in [0.1, 0.15) is 77.3 Å². The van der Waals surface area contributed by atoms with Gasteiger partial charge in [0.1, 0.15) is 0 Å². The average molecular weight is 393 g/mol. The number of hydrogen-bond acceptors (Lipinski definition) is 3. The summed E-state index contributed by atoms with van der Waals surface area (Å²) in [6.07, 6.45) is 9.39. The maximum Gasteiger partial charge on any atom is 0.287 e. The zero-order chi connectivity index (χ0) is 19.8. The Hall–Kier alpha value is -2.63. The zero-order valence-corrected chi connectivity index (χ0v) is 16.8. The third kappa shape index (κ3) is 3.34. The number of amides is 2. The van der Waals surface area contributed by atoms with Crippen molar-refractivity contribution in [3.8, 4) is 0 Å². The molecule has 0 radical (unpaired) electrons. The number of nitrogens with one attached hydrogen (secondary N) is 1. The molecule has 0 spiro atoms. The Labute approximate surface area is 171 Å². The van der Waals surface area contributed by atoms with Gasteiger partial charge in [0.25, 0.3) is 11.8 Å². The van der Waals surface area contributed by atoms with Gasteiger partial charge in [-0.25, -0.2) is 4.98 Å². The maximum atomic E-state index is 13.4. The second-order valence-corrected chi connectivity index (χ2v) is 8.48. The van der Waals surface area contributed by atoms with Crippen molar-refractivity contribution in [3.63, 3.8) is 0 Å². The fraction of sp³-hybridized carbons (Fsp3) is 0.522. The topological polar surface area (TPSA) is 67.2 Å². The summed E-state index contributed by atoms with van der Waals surface area (Å²) in [5.74, 6) is 0.222. The molecule has 2 amide bonds. The van der Waals surface area contributed by atoms with Gasteiger partial charge in [-0.1, -0.05) is 37.5 Å². The van der Waals surface area contributed by atoms with Crippen LogP contribution < -0.4 is 10.2 Å². The molecule has 1 aliphatic carbocycles. The van der Waals surface area contributed by atoms with Gasteiger partial charge < -0.3 is 14.8 Å². The summed E-state index contributed by atoms with van der Waals surface area (Å²) in [6, 6.07) is 8.29. The summed E-state index contributed by atoms with van der Waals surface area (Å²) in [5.41, 5.74) is 3.57. The van der Waals surface area contributed by atoms with E-state index in [1.165, 1.54) is 24.8 Å². The largest absolute Gasteiger partial charge is 0.347 e.